The number of thiazole rings is 1. The minimum absolute atomic E-state index is 0.0807. The first-order valence-corrected chi connectivity index (χ1v) is 10.2. The van der Waals surface area contributed by atoms with Crippen molar-refractivity contribution < 1.29 is 19.0 Å². The molecule has 0 N–H and O–H groups in total. The zero-order chi connectivity index (χ0) is 21.1. The topological polar surface area (TPSA) is 70.5 Å². The predicted molar refractivity (Wildman–Crippen MR) is 116 cm³/mol. The van der Waals surface area contributed by atoms with Gasteiger partial charge in [-0.05, 0) is 31.2 Å². The van der Waals surface area contributed by atoms with Gasteiger partial charge >= 0.3 is 5.97 Å². The van der Waals surface area contributed by atoms with Gasteiger partial charge in [0.25, 0.3) is 0 Å². The van der Waals surface area contributed by atoms with Crippen molar-refractivity contribution in [1.82, 2.24) is 9.97 Å². The van der Waals surface area contributed by atoms with E-state index in [1.807, 2.05) is 54.8 Å². The first-order valence-electron chi connectivity index (χ1n) is 9.30. The van der Waals surface area contributed by atoms with Gasteiger partial charge in [0.05, 0.1) is 36.6 Å². The summed E-state index contributed by atoms with van der Waals surface area (Å²) in [6.07, 6.45) is 0. The quantitative estimate of drug-likeness (QED) is 0.407. The van der Waals surface area contributed by atoms with E-state index in [4.69, 9.17) is 14.2 Å². The molecule has 6 nitrogen and oxygen atoms in total. The Morgan fingerprint density at radius 2 is 1.87 bits per heavy atom. The van der Waals surface area contributed by atoms with Gasteiger partial charge < -0.3 is 14.2 Å². The maximum Gasteiger partial charge on any atom is 0.339 e. The average Bonchev–Trinajstić information content (AvgIpc) is 3.25. The number of benzene rings is 2. The molecule has 4 aromatic rings. The highest BCUT2D eigenvalue weighted by Gasteiger charge is 2.17. The number of carbonyl (C=O) groups excluding carboxylic acids is 1. The smallest absolute Gasteiger partial charge is 0.339 e. The van der Waals surface area contributed by atoms with E-state index in [9.17, 15) is 4.79 Å². The normalized spacial score (nSPS) is 10.8. The second-order valence-corrected chi connectivity index (χ2v) is 7.45. The molecule has 0 fully saturated rings. The van der Waals surface area contributed by atoms with Crippen LogP contribution in [-0.2, 0) is 11.3 Å². The fourth-order valence-corrected chi connectivity index (χ4v) is 4.07. The second kappa shape index (κ2) is 8.51. The fraction of sp³-hybridized carbons (Fsp3) is 0.174. The van der Waals surface area contributed by atoms with Gasteiger partial charge in [-0.1, -0.05) is 24.3 Å². The number of methoxy groups -OCH3 is 2. The molecule has 0 aliphatic rings. The van der Waals surface area contributed by atoms with Crippen LogP contribution in [-0.4, -0.2) is 30.2 Å². The molecular weight excluding hydrogens is 400 g/mol. The molecule has 2 aromatic heterocycles. The number of aryl methyl sites for hydroxylation is 1. The van der Waals surface area contributed by atoms with Crippen molar-refractivity contribution in [2.75, 3.05) is 14.2 Å². The Morgan fingerprint density at radius 3 is 2.67 bits per heavy atom. The van der Waals surface area contributed by atoms with Crippen molar-refractivity contribution in [2.45, 2.75) is 13.5 Å². The van der Waals surface area contributed by atoms with Gasteiger partial charge in [0, 0.05) is 16.5 Å². The number of fused-ring (bicyclic) bond motifs is 1. The molecule has 0 amide bonds. The van der Waals surface area contributed by atoms with Crippen molar-refractivity contribution in [3.05, 3.63) is 70.9 Å². The van der Waals surface area contributed by atoms with Gasteiger partial charge in [-0.15, -0.1) is 11.3 Å². The molecular formula is C23H20N2O4S. The minimum Gasteiger partial charge on any atom is -0.493 e. The highest BCUT2D eigenvalue weighted by Crippen LogP contribution is 2.39. The van der Waals surface area contributed by atoms with Crippen LogP contribution in [0.25, 0.3) is 21.5 Å². The van der Waals surface area contributed by atoms with Crippen LogP contribution in [0.1, 0.15) is 21.7 Å². The summed E-state index contributed by atoms with van der Waals surface area (Å²) >= 11 is 1.46. The highest BCUT2D eigenvalue weighted by molar-refractivity contribution is 7.13. The SMILES string of the molecule is COc1cccc(-c2nc(COC(=O)c3cc(C)nc4ccccc34)cs2)c1OC. The number of carbonyl (C=O) groups is 1. The van der Waals surface area contributed by atoms with Gasteiger partial charge in [-0.2, -0.15) is 0 Å². The summed E-state index contributed by atoms with van der Waals surface area (Å²) in [4.78, 5) is 21.8. The zero-order valence-corrected chi connectivity index (χ0v) is 17.7. The Hall–Kier alpha value is -3.45. The summed E-state index contributed by atoms with van der Waals surface area (Å²) in [6, 6.07) is 14.9. The van der Waals surface area contributed by atoms with Crippen LogP contribution in [0.15, 0.2) is 53.9 Å². The summed E-state index contributed by atoms with van der Waals surface area (Å²) in [6.45, 7) is 1.94. The number of rotatable bonds is 6. The molecule has 0 radical (unpaired) electrons. The van der Waals surface area contributed by atoms with Crippen molar-refractivity contribution >= 4 is 28.2 Å². The number of hydrogen-bond acceptors (Lipinski definition) is 7. The van der Waals surface area contributed by atoms with E-state index >= 15 is 0 Å². The lowest BCUT2D eigenvalue weighted by Gasteiger charge is -2.10. The molecule has 0 saturated carbocycles. The van der Waals surface area contributed by atoms with Crippen LogP contribution in [0.5, 0.6) is 11.5 Å². The molecule has 0 atom stereocenters. The lowest BCUT2D eigenvalue weighted by molar-refractivity contribution is 0.0470. The maximum absolute atomic E-state index is 12.7. The summed E-state index contributed by atoms with van der Waals surface area (Å²) < 4.78 is 16.4. The molecule has 0 unspecified atom stereocenters. The van der Waals surface area contributed by atoms with Gasteiger partial charge in [0.2, 0.25) is 0 Å². The van der Waals surface area contributed by atoms with Crippen molar-refractivity contribution in [2.24, 2.45) is 0 Å². The molecule has 0 aliphatic carbocycles. The van der Waals surface area contributed by atoms with E-state index in [1.54, 1.807) is 20.3 Å². The van der Waals surface area contributed by atoms with E-state index in [0.717, 1.165) is 27.2 Å². The number of para-hydroxylation sites is 2. The fourth-order valence-electron chi connectivity index (χ4n) is 3.25. The number of ether oxygens (including phenoxy) is 3. The van der Waals surface area contributed by atoms with Crippen molar-refractivity contribution in [3.63, 3.8) is 0 Å². The van der Waals surface area contributed by atoms with Crippen LogP contribution >= 0.6 is 11.3 Å². The third-order valence-electron chi connectivity index (χ3n) is 4.60. The monoisotopic (exact) mass is 420 g/mol. The third-order valence-corrected chi connectivity index (χ3v) is 5.52. The number of nitrogens with zero attached hydrogens (tertiary/aromatic N) is 2. The number of pyridine rings is 1. The summed E-state index contributed by atoms with van der Waals surface area (Å²) in [5.41, 5.74) is 3.54. The second-order valence-electron chi connectivity index (χ2n) is 6.59. The zero-order valence-electron chi connectivity index (χ0n) is 16.8. The van der Waals surface area contributed by atoms with Crippen molar-refractivity contribution in [1.29, 1.82) is 0 Å². The highest BCUT2D eigenvalue weighted by atomic mass is 32.1. The minimum atomic E-state index is -0.398. The summed E-state index contributed by atoms with van der Waals surface area (Å²) in [7, 11) is 3.19. The van der Waals surface area contributed by atoms with E-state index in [2.05, 4.69) is 9.97 Å². The standard InChI is InChI=1S/C23H20N2O4S/c1-14-11-18(16-7-4-5-9-19(16)24-14)23(26)29-12-15-13-30-22(25-15)17-8-6-10-20(27-2)21(17)28-3/h4-11,13H,12H2,1-3H3. The van der Waals surface area contributed by atoms with Crippen molar-refractivity contribution in [3.8, 4) is 22.1 Å². The molecule has 0 spiro atoms. The molecule has 30 heavy (non-hydrogen) atoms. The lowest BCUT2D eigenvalue weighted by Crippen LogP contribution is -2.07. The predicted octanol–water partition coefficient (Wildman–Crippen LogP) is 5.04. The van der Waals surface area contributed by atoms with E-state index in [1.165, 1.54) is 11.3 Å². The lowest BCUT2D eigenvalue weighted by atomic mass is 10.1. The van der Waals surface area contributed by atoms with Crippen LogP contribution < -0.4 is 9.47 Å². The van der Waals surface area contributed by atoms with Crippen LogP contribution in [0.2, 0.25) is 0 Å². The van der Waals surface area contributed by atoms with Gasteiger partial charge in [-0.25, -0.2) is 9.78 Å². The van der Waals surface area contributed by atoms with Crippen LogP contribution in [0.4, 0.5) is 0 Å². The first kappa shape index (κ1) is 19.8. The maximum atomic E-state index is 12.7. The largest absolute Gasteiger partial charge is 0.493 e. The van der Waals surface area contributed by atoms with E-state index < -0.39 is 5.97 Å². The molecule has 2 heterocycles. The number of esters is 1. The van der Waals surface area contributed by atoms with Gasteiger partial charge in [0.15, 0.2) is 11.5 Å². The first-order chi connectivity index (χ1) is 14.6. The molecule has 0 aliphatic heterocycles. The van der Waals surface area contributed by atoms with Gasteiger partial charge in [-0.3, -0.25) is 4.98 Å². The average molecular weight is 420 g/mol. The molecule has 7 heteroatoms. The van der Waals surface area contributed by atoms with Gasteiger partial charge in [0.1, 0.15) is 11.6 Å². The Bertz CT molecular complexity index is 1220. The molecule has 0 saturated heterocycles. The Balaban J connectivity index is 1.54. The van der Waals surface area contributed by atoms with Crippen LogP contribution in [0.3, 0.4) is 0 Å². The number of aromatic nitrogens is 2. The molecule has 2 aromatic carbocycles. The Morgan fingerprint density at radius 1 is 1.03 bits per heavy atom. The Kier molecular flexibility index (Phi) is 5.63. The summed E-state index contributed by atoms with van der Waals surface area (Å²) in [5.74, 6) is 0.861. The van der Waals surface area contributed by atoms with E-state index in [0.29, 0.717) is 22.8 Å². The Labute approximate surface area is 178 Å². The molecule has 152 valence electrons. The third kappa shape index (κ3) is 3.84. The van der Waals surface area contributed by atoms with Crippen LogP contribution in [0, 0.1) is 6.92 Å². The summed E-state index contributed by atoms with van der Waals surface area (Å²) in [5, 5.41) is 3.41. The molecule has 0 bridgehead atoms. The van der Waals surface area contributed by atoms with E-state index in [-0.39, 0.29) is 6.61 Å². The molecule has 4 rings (SSSR count). The number of hydrogen-bond donors (Lipinski definition) is 0.